The van der Waals surface area contributed by atoms with Crippen LogP contribution in [0.2, 0.25) is 0 Å². The molecule has 1 saturated carbocycles. The molecule has 0 aromatic heterocycles. The highest BCUT2D eigenvalue weighted by Crippen LogP contribution is 2.48. The SMILES string of the molecule is COCCOCCC1(CNC(C)(C)C)CC1. The van der Waals surface area contributed by atoms with E-state index in [-0.39, 0.29) is 5.54 Å². The molecule has 0 atom stereocenters. The molecule has 0 aromatic carbocycles. The van der Waals surface area contributed by atoms with Crippen LogP contribution in [0.3, 0.4) is 0 Å². The molecule has 1 fully saturated rings. The number of hydrogen-bond acceptors (Lipinski definition) is 3. The Hall–Kier alpha value is -0.120. The van der Waals surface area contributed by atoms with Crippen molar-refractivity contribution in [2.75, 3.05) is 33.5 Å². The van der Waals surface area contributed by atoms with Gasteiger partial charge in [0.2, 0.25) is 0 Å². The third kappa shape index (κ3) is 5.83. The molecule has 1 rings (SSSR count). The molecule has 0 unspecified atom stereocenters. The van der Waals surface area contributed by atoms with Crippen molar-refractivity contribution in [1.82, 2.24) is 5.32 Å². The largest absolute Gasteiger partial charge is 0.382 e. The summed E-state index contributed by atoms with van der Waals surface area (Å²) in [4.78, 5) is 0. The monoisotopic (exact) mass is 229 g/mol. The molecule has 1 aliphatic carbocycles. The van der Waals surface area contributed by atoms with Crippen LogP contribution in [0.4, 0.5) is 0 Å². The Kier molecular flexibility index (Phi) is 5.22. The zero-order valence-corrected chi connectivity index (χ0v) is 11.3. The summed E-state index contributed by atoms with van der Waals surface area (Å²) >= 11 is 0. The molecule has 3 nitrogen and oxygen atoms in total. The van der Waals surface area contributed by atoms with Gasteiger partial charge >= 0.3 is 0 Å². The Morgan fingerprint density at radius 2 is 1.81 bits per heavy atom. The molecule has 96 valence electrons. The lowest BCUT2D eigenvalue weighted by Crippen LogP contribution is -2.40. The second kappa shape index (κ2) is 5.99. The summed E-state index contributed by atoms with van der Waals surface area (Å²) in [6, 6.07) is 0. The van der Waals surface area contributed by atoms with E-state index in [1.807, 2.05) is 0 Å². The molecule has 1 aliphatic rings. The van der Waals surface area contributed by atoms with E-state index >= 15 is 0 Å². The van der Waals surface area contributed by atoms with Gasteiger partial charge in [0.05, 0.1) is 13.2 Å². The van der Waals surface area contributed by atoms with Crippen molar-refractivity contribution in [3.05, 3.63) is 0 Å². The van der Waals surface area contributed by atoms with Crippen LogP contribution in [-0.4, -0.2) is 39.0 Å². The minimum atomic E-state index is 0.229. The minimum absolute atomic E-state index is 0.229. The van der Waals surface area contributed by atoms with Crippen LogP contribution in [0.25, 0.3) is 0 Å². The number of methoxy groups -OCH3 is 1. The Labute approximate surface area is 99.9 Å². The van der Waals surface area contributed by atoms with Gasteiger partial charge in [0.15, 0.2) is 0 Å². The highest BCUT2D eigenvalue weighted by atomic mass is 16.5. The fraction of sp³-hybridized carbons (Fsp3) is 1.00. The molecule has 0 radical (unpaired) electrons. The maximum Gasteiger partial charge on any atom is 0.0700 e. The molecular weight excluding hydrogens is 202 g/mol. The Morgan fingerprint density at radius 3 is 2.31 bits per heavy atom. The van der Waals surface area contributed by atoms with E-state index in [0.29, 0.717) is 12.0 Å². The predicted octanol–water partition coefficient (Wildman–Crippen LogP) is 2.21. The van der Waals surface area contributed by atoms with Crippen LogP contribution >= 0.6 is 0 Å². The lowest BCUT2D eigenvalue weighted by Gasteiger charge is -2.25. The standard InChI is InChI=1S/C13H27NO2/c1-12(2,3)14-11-13(5-6-13)7-8-16-10-9-15-4/h14H,5-11H2,1-4H3. The van der Waals surface area contributed by atoms with E-state index in [9.17, 15) is 0 Å². The molecule has 0 spiro atoms. The smallest absolute Gasteiger partial charge is 0.0700 e. The van der Waals surface area contributed by atoms with Gasteiger partial charge in [-0.1, -0.05) is 0 Å². The van der Waals surface area contributed by atoms with E-state index in [4.69, 9.17) is 9.47 Å². The van der Waals surface area contributed by atoms with Gasteiger partial charge in [0, 0.05) is 25.8 Å². The maximum absolute atomic E-state index is 5.53. The summed E-state index contributed by atoms with van der Waals surface area (Å²) < 4.78 is 10.5. The van der Waals surface area contributed by atoms with E-state index in [2.05, 4.69) is 26.1 Å². The highest BCUT2D eigenvalue weighted by Gasteiger charge is 2.42. The van der Waals surface area contributed by atoms with Crippen molar-refractivity contribution in [3.63, 3.8) is 0 Å². The van der Waals surface area contributed by atoms with Gasteiger partial charge in [-0.15, -0.1) is 0 Å². The number of rotatable bonds is 8. The van der Waals surface area contributed by atoms with Crippen molar-refractivity contribution in [1.29, 1.82) is 0 Å². The molecule has 0 amide bonds. The highest BCUT2D eigenvalue weighted by molar-refractivity contribution is 4.96. The molecule has 0 heterocycles. The Balaban J connectivity index is 2.06. The van der Waals surface area contributed by atoms with Crippen molar-refractivity contribution >= 4 is 0 Å². The lowest BCUT2D eigenvalue weighted by molar-refractivity contribution is 0.0614. The van der Waals surface area contributed by atoms with Gasteiger partial charge in [0.25, 0.3) is 0 Å². The zero-order valence-electron chi connectivity index (χ0n) is 11.3. The van der Waals surface area contributed by atoms with Crippen LogP contribution in [0.1, 0.15) is 40.0 Å². The van der Waals surface area contributed by atoms with Crippen LogP contribution in [0, 0.1) is 5.41 Å². The molecule has 3 heteroatoms. The van der Waals surface area contributed by atoms with Gasteiger partial charge in [-0.3, -0.25) is 0 Å². The summed E-state index contributed by atoms with van der Waals surface area (Å²) in [5.41, 5.74) is 0.757. The van der Waals surface area contributed by atoms with Crippen molar-refractivity contribution in [2.45, 2.75) is 45.6 Å². The maximum atomic E-state index is 5.53. The first-order valence-corrected chi connectivity index (χ1v) is 6.29. The van der Waals surface area contributed by atoms with Crippen LogP contribution in [0.5, 0.6) is 0 Å². The van der Waals surface area contributed by atoms with Crippen molar-refractivity contribution in [3.8, 4) is 0 Å². The van der Waals surface area contributed by atoms with Crippen molar-refractivity contribution in [2.24, 2.45) is 5.41 Å². The first-order valence-electron chi connectivity index (χ1n) is 6.29. The average molecular weight is 229 g/mol. The second-order valence-corrected chi connectivity index (χ2v) is 5.96. The molecular formula is C13H27NO2. The summed E-state index contributed by atoms with van der Waals surface area (Å²) in [5, 5.41) is 3.60. The molecule has 0 aliphatic heterocycles. The Bertz CT molecular complexity index is 195. The lowest BCUT2D eigenvalue weighted by atomic mass is 10.0. The summed E-state index contributed by atoms with van der Waals surface area (Å²) in [5.74, 6) is 0. The van der Waals surface area contributed by atoms with Gasteiger partial charge in [0.1, 0.15) is 0 Å². The minimum Gasteiger partial charge on any atom is -0.382 e. The molecule has 0 saturated heterocycles. The van der Waals surface area contributed by atoms with Gasteiger partial charge in [-0.2, -0.15) is 0 Å². The molecule has 16 heavy (non-hydrogen) atoms. The fourth-order valence-electron chi connectivity index (χ4n) is 1.68. The summed E-state index contributed by atoms with van der Waals surface area (Å²) in [6.45, 7) is 10.1. The van der Waals surface area contributed by atoms with E-state index in [1.54, 1.807) is 7.11 Å². The Morgan fingerprint density at radius 1 is 1.12 bits per heavy atom. The first kappa shape index (κ1) is 13.9. The van der Waals surface area contributed by atoms with Gasteiger partial charge < -0.3 is 14.8 Å². The first-order chi connectivity index (χ1) is 7.47. The topological polar surface area (TPSA) is 30.5 Å². The molecule has 1 N–H and O–H groups in total. The van der Waals surface area contributed by atoms with Gasteiger partial charge in [-0.25, -0.2) is 0 Å². The summed E-state index contributed by atoms with van der Waals surface area (Å²) in [6.07, 6.45) is 3.88. The summed E-state index contributed by atoms with van der Waals surface area (Å²) in [7, 11) is 1.71. The quantitative estimate of drug-likeness (QED) is 0.647. The number of nitrogens with one attached hydrogen (secondary N) is 1. The third-order valence-corrected chi connectivity index (χ3v) is 3.16. The van der Waals surface area contributed by atoms with Gasteiger partial charge in [-0.05, 0) is 45.4 Å². The average Bonchev–Trinajstić information content (AvgIpc) is 2.95. The normalized spacial score (nSPS) is 18.8. The van der Waals surface area contributed by atoms with Crippen molar-refractivity contribution < 1.29 is 9.47 Å². The third-order valence-electron chi connectivity index (χ3n) is 3.16. The second-order valence-electron chi connectivity index (χ2n) is 5.96. The van der Waals surface area contributed by atoms with Crippen LogP contribution < -0.4 is 5.32 Å². The molecule has 0 bridgehead atoms. The number of hydrogen-bond donors (Lipinski definition) is 1. The fourth-order valence-corrected chi connectivity index (χ4v) is 1.68. The predicted molar refractivity (Wildman–Crippen MR) is 66.7 cm³/mol. The zero-order chi connectivity index (χ0) is 12.1. The molecule has 0 aromatic rings. The van der Waals surface area contributed by atoms with Crippen LogP contribution in [0.15, 0.2) is 0 Å². The van der Waals surface area contributed by atoms with E-state index in [1.165, 1.54) is 19.3 Å². The number of ether oxygens (including phenoxy) is 2. The van der Waals surface area contributed by atoms with Crippen LogP contribution in [-0.2, 0) is 9.47 Å². The van der Waals surface area contributed by atoms with E-state index < -0.39 is 0 Å². The van der Waals surface area contributed by atoms with E-state index in [0.717, 1.165) is 19.8 Å².